The topological polar surface area (TPSA) is 61.8 Å². The van der Waals surface area contributed by atoms with Crippen LogP contribution >= 0.6 is 39.7 Å². The zero-order valence-electron chi connectivity index (χ0n) is 7.19. The van der Waals surface area contributed by atoms with Crippen molar-refractivity contribution in [3.05, 3.63) is 0 Å². The second kappa shape index (κ2) is 9.67. The molecule has 0 amide bonds. The van der Waals surface area contributed by atoms with Crippen molar-refractivity contribution in [3.63, 3.8) is 0 Å². The van der Waals surface area contributed by atoms with Crippen LogP contribution in [0.2, 0.25) is 0 Å². The molecule has 12 heteroatoms. The predicted molar refractivity (Wildman–Crippen MR) is 50.2 cm³/mol. The summed E-state index contributed by atoms with van der Waals surface area (Å²) in [5, 5.41) is 0. The Labute approximate surface area is 153 Å². The van der Waals surface area contributed by atoms with Gasteiger partial charge in [-0.1, -0.05) is 0 Å². The molecular formula is CCl2Na3O5P2+2. The summed E-state index contributed by atoms with van der Waals surface area (Å²) in [4.78, 5) is 0. The summed E-state index contributed by atoms with van der Waals surface area (Å²) in [5.74, 6) is 0. The Morgan fingerprint density at radius 2 is 1.23 bits per heavy atom. The molecule has 5 nitrogen and oxygen atoms in total. The second-order valence-corrected chi connectivity index (χ2v) is 4.28. The molecule has 1 aliphatic heterocycles. The van der Waals surface area contributed by atoms with Gasteiger partial charge in [-0.15, -0.1) is 0 Å². The molecule has 0 aromatic heterocycles. The van der Waals surface area contributed by atoms with Crippen molar-refractivity contribution in [2.24, 2.45) is 0 Å². The summed E-state index contributed by atoms with van der Waals surface area (Å²) < 4.78 is 30.9. The van der Waals surface area contributed by atoms with E-state index in [1.54, 1.807) is 0 Å². The van der Waals surface area contributed by atoms with E-state index >= 15 is 0 Å². The molecule has 0 bridgehead atoms. The van der Waals surface area contributed by atoms with Crippen LogP contribution in [-0.2, 0) is 22.5 Å². The van der Waals surface area contributed by atoms with E-state index in [0.717, 1.165) is 0 Å². The summed E-state index contributed by atoms with van der Waals surface area (Å²) in [6, 6.07) is 0. The third-order valence-electron chi connectivity index (χ3n) is 0.495. The molecule has 2 unspecified atom stereocenters. The van der Waals surface area contributed by atoms with Gasteiger partial charge in [0.1, 0.15) is 0 Å². The molecule has 1 saturated heterocycles. The summed E-state index contributed by atoms with van der Waals surface area (Å²) in [7, 11) is -5.08. The predicted octanol–water partition coefficient (Wildman–Crippen LogP) is 1.31. The molecule has 1 rings (SSSR count). The summed E-state index contributed by atoms with van der Waals surface area (Å²) in [6.45, 7) is 0. The first-order valence-electron chi connectivity index (χ1n) is 1.88. The molecule has 59 valence electrons. The van der Waals surface area contributed by atoms with Gasteiger partial charge in [-0.25, -0.2) is 0 Å². The molecule has 13 heavy (non-hydrogen) atoms. The molecular weight excluding hydrogens is 294 g/mol. The Balaban J connectivity index is -0.000000333. The Hall–Kier alpha value is 3.66. The zero-order valence-corrected chi connectivity index (χ0v) is 16.5. The number of alkyl halides is 2. The van der Waals surface area contributed by atoms with E-state index < -0.39 is 21.2 Å². The van der Waals surface area contributed by atoms with E-state index in [2.05, 4.69) is 13.4 Å². The van der Waals surface area contributed by atoms with Crippen LogP contribution in [-0.4, -0.2) is 93.4 Å². The van der Waals surface area contributed by atoms with Crippen LogP contribution in [0.5, 0.6) is 0 Å². The van der Waals surface area contributed by atoms with Crippen molar-refractivity contribution < 1.29 is 22.5 Å². The van der Waals surface area contributed by atoms with Crippen LogP contribution in [0.3, 0.4) is 0 Å². The standard InChI is InChI=1S/CCl2O5P2.3Na/c2-1(3)6-9(4)8-10(5)7-1;;;/q+2;;;. The molecule has 0 saturated carbocycles. The maximum Gasteiger partial charge on any atom is 0.753 e. The molecule has 0 N–H and O–H groups in total. The van der Waals surface area contributed by atoms with E-state index in [-0.39, 0.29) is 88.7 Å². The first-order chi connectivity index (χ1) is 4.49. The van der Waals surface area contributed by atoms with E-state index in [9.17, 15) is 9.13 Å². The number of rotatable bonds is 0. The van der Waals surface area contributed by atoms with Crippen LogP contribution in [0.25, 0.3) is 0 Å². The fourth-order valence-corrected chi connectivity index (χ4v) is 2.14. The average Bonchev–Trinajstić information content (AvgIpc) is 1.54. The Morgan fingerprint density at radius 3 is 1.46 bits per heavy atom. The summed E-state index contributed by atoms with van der Waals surface area (Å²) in [5.41, 5.74) is 0. The number of hydrogen-bond acceptors (Lipinski definition) is 5. The summed E-state index contributed by atoms with van der Waals surface area (Å²) >= 11 is 10.3. The van der Waals surface area contributed by atoms with Gasteiger partial charge in [0.15, 0.2) is 4.31 Å². The molecule has 0 aliphatic carbocycles. The first kappa shape index (κ1) is 21.9. The maximum atomic E-state index is 10.4. The molecule has 1 fully saturated rings. The van der Waals surface area contributed by atoms with Gasteiger partial charge in [-0.05, 0) is 32.2 Å². The molecule has 1 heterocycles. The van der Waals surface area contributed by atoms with Gasteiger partial charge in [0.25, 0.3) is 0 Å². The minimum Gasteiger partial charge on any atom is -0.0403 e. The Morgan fingerprint density at radius 1 is 0.923 bits per heavy atom. The van der Waals surface area contributed by atoms with Gasteiger partial charge >= 0.3 is 21.2 Å². The van der Waals surface area contributed by atoms with E-state index in [0.29, 0.717) is 0 Å². The van der Waals surface area contributed by atoms with Crippen molar-refractivity contribution >= 4 is 128 Å². The van der Waals surface area contributed by atoms with Crippen LogP contribution in [0.1, 0.15) is 0 Å². The Bertz CT molecular complexity index is 182. The van der Waals surface area contributed by atoms with Gasteiger partial charge in [-0.3, -0.25) is 0 Å². The van der Waals surface area contributed by atoms with E-state index in [1.807, 2.05) is 0 Å². The van der Waals surface area contributed by atoms with Crippen LogP contribution < -0.4 is 0 Å². The minimum atomic E-state index is -2.54. The molecule has 3 radical (unpaired) electrons. The average molecular weight is 294 g/mol. The molecule has 0 spiro atoms. The van der Waals surface area contributed by atoms with Gasteiger partial charge in [-0.2, -0.15) is 0 Å². The molecule has 0 aromatic rings. The van der Waals surface area contributed by atoms with Crippen molar-refractivity contribution in [1.82, 2.24) is 0 Å². The van der Waals surface area contributed by atoms with E-state index in [1.165, 1.54) is 0 Å². The fourth-order valence-electron chi connectivity index (χ4n) is 0.278. The fraction of sp³-hybridized carbons (Fsp3) is 1.00. The normalized spacial score (nSPS) is 24.8. The van der Waals surface area contributed by atoms with Crippen molar-refractivity contribution in [2.75, 3.05) is 0 Å². The van der Waals surface area contributed by atoms with Crippen molar-refractivity contribution in [2.45, 2.75) is 4.71 Å². The van der Waals surface area contributed by atoms with Gasteiger partial charge in [0.2, 0.25) is 0 Å². The van der Waals surface area contributed by atoms with Crippen molar-refractivity contribution in [3.8, 4) is 0 Å². The Kier molecular flexibility index (Phi) is 16.3. The van der Waals surface area contributed by atoms with Gasteiger partial charge < -0.3 is 0 Å². The second-order valence-electron chi connectivity index (χ2n) is 1.17. The first-order valence-corrected chi connectivity index (χ1v) is 4.83. The molecule has 0 aromatic carbocycles. The van der Waals surface area contributed by atoms with Gasteiger partial charge in [0.05, 0.1) is 0 Å². The zero-order chi connectivity index (χ0) is 7.78. The minimum absolute atomic E-state index is 0. The maximum absolute atomic E-state index is 10.4. The SMILES string of the molecule is O=[P+]1O[P+](=O)OC(Cl)(Cl)O1.[Na].[Na].[Na]. The number of hydrogen-bond donors (Lipinski definition) is 0. The monoisotopic (exact) mass is 293 g/mol. The molecule has 2 atom stereocenters. The third kappa shape index (κ3) is 9.37. The quantitative estimate of drug-likeness (QED) is 0.383. The summed E-state index contributed by atoms with van der Waals surface area (Å²) in [6.07, 6.45) is 0. The van der Waals surface area contributed by atoms with E-state index in [4.69, 9.17) is 23.2 Å². The largest absolute Gasteiger partial charge is 0.753 e. The van der Waals surface area contributed by atoms with Crippen LogP contribution in [0, 0.1) is 0 Å². The third-order valence-corrected chi connectivity index (χ3v) is 3.11. The molecule has 1 aliphatic rings. The number of halogens is 2. The van der Waals surface area contributed by atoms with Crippen molar-refractivity contribution in [1.29, 1.82) is 0 Å². The van der Waals surface area contributed by atoms with Gasteiger partial charge in [0, 0.05) is 97.8 Å². The van der Waals surface area contributed by atoms with Crippen LogP contribution in [0.15, 0.2) is 0 Å². The smallest absolute Gasteiger partial charge is 0.0403 e. The van der Waals surface area contributed by atoms with Crippen LogP contribution in [0.4, 0.5) is 0 Å².